The van der Waals surface area contributed by atoms with Gasteiger partial charge in [-0.3, -0.25) is 4.68 Å². The lowest BCUT2D eigenvalue weighted by molar-refractivity contribution is 0.0513. The molecule has 8 nitrogen and oxygen atoms in total. The molecule has 0 bridgehead atoms. The van der Waals surface area contributed by atoms with Gasteiger partial charge in [0.2, 0.25) is 0 Å². The summed E-state index contributed by atoms with van der Waals surface area (Å²) in [5, 5.41) is 8.19. The molecule has 0 radical (unpaired) electrons. The lowest BCUT2D eigenvalue weighted by Gasteiger charge is -2.13. The molecule has 0 saturated carbocycles. The number of aromatic nitrogens is 3. The highest BCUT2D eigenvalue weighted by Crippen LogP contribution is 2.39. The number of esters is 1. The van der Waals surface area contributed by atoms with Crippen LogP contribution in [0.3, 0.4) is 0 Å². The van der Waals surface area contributed by atoms with Gasteiger partial charge in [0.05, 0.1) is 37.6 Å². The van der Waals surface area contributed by atoms with E-state index in [1.165, 1.54) is 4.90 Å². The Morgan fingerprint density at radius 1 is 0.940 bits per heavy atom. The van der Waals surface area contributed by atoms with Gasteiger partial charge in [0, 0.05) is 40.4 Å². The number of carbonyl (C=O) groups excluding carboxylic acids is 1. The fraction of sp³-hybridized carbons (Fsp3) is 0.268. The molecule has 0 fully saturated rings. The topological polar surface area (TPSA) is 76.7 Å². The molecule has 1 aliphatic heterocycles. The third-order valence-corrected chi connectivity index (χ3v) is 9.83. The maximum atomic E-state index is 13.8. The number of aryl methyl sites for hydroxylation is 2. The van der Waals surface area contributed by atoms with Crippen molar-refractivity contribution in [2.75, 3.05) is 26.1 Å². The second-order valence-electron chi connectivity index (χ2n) is 12.1. The summed E-state index contributed by atoms with van der Waals surface area (Å²) in [7, 11) is 1.94. The summed E-state index contributed by atoms with van der Waals surface area (Å²) in [6.45, 7) is 4.22. The lowest BCUT2D eigenvalue weighted by atomic mass is 9.98. The number of ether oxygens (including phenoxy) is 4. The summed E-state index contributed by atoms with van der Waals surface area (Å²) >= 11 is 1.69. The second-order valence-corrected chi connectivity index (χ2v) is 13.0. The van der Waals surface area contributed by atoms with Gasteiger partial charge in [0.25, 0.3) is 0 Å². The van der Waals surface area contributed by atoms with Crippen LogP contribution >= 0.6 is 11.8 Å². The van der Waals surface area contributed by atoms with Gasteiger partial charge in [0.15, 0.2) is 0 Å². The summed E-state index contributed by atoms with van der Waals surface area (Å²) in [6, 6.07) is 28.7. The third-order valence-electron chi connectivity index (χ3n) is 9.08. The van der Waals surface area contributed by atoms with Gasteiger partial charge < -0.3 is 23.5 Å². The number of benzene rings is 4. The van der Waals surface area contributed by atoms with Crippen LogP contribution < -0.4 is 9.47 Å². The van der Waals surface area contributed by atoms with Gasteiger partial charge in [-0.2, -0.15) is 5.10 Å². The first-order chi connectivity index (χ1) is 24.6. The van der Waals surface area contributed by atoms with Crippen LogP contribution in [0.5, 0.6) is 11.5 Å². The number of thioether (sulfide) groups is 1. The molecule has 3 heterocycles. The first kappa shape index (κ1) is 33.5. The predicted molar refractivity (Wildman–Crippen MR) is 199 cm³/mol. The minimum absolute atomic E-state index is 0.278. The Balaban J connectivity index is 1.29. The van der Waals surface area contributed by atoms with Gasteiger partial charge in [-0.1, -0.05) is 66.7 Å². The summed E-state index contributed by atoms with van der Waals surface area (Å²) in [5.41, 5.74) is 6.18. The van der Waals surface area contributed by atoms with Crippen molar-refractivity contribution < 1.29 is 23.7 Å². The van der Waals surface area contributed by atoms with E-state index in [2.05, 4.69) is 65.4 Å². The van der Waals surface area contributed by atoms with Crippen molar-refractivity contribution in [1.82, 2.24) is 14.3 Å². The van der Waals surface area contributed by atoms with Crippen molar-refractivity contribution in [2.24, 2.45) is 7.05 Å². The average molecular weight is 688 g/mol. The largest absolute Gasteiger partial charge is 0.493 e. The first-order valence-corrected chi connectivity index (χ1v) is 18.3. The maximum absolute atomic E-state index is 13.8. The van der Waals surface area contributed by atoms with Gasteiger partial charge in [-0.05, 0) is 67.3 Å². The number of hydrogen-bond donors (Lipinski definition) is 0. The molecule has 2 aromatic heterocycles. The van der Waals surface area contributed by atoms with Crippen molar-refractivity contribution in [3.63, 3.8) is 0 Å². The zero-order chi connectivity index (χ0) is 34.5. The molecule has 0 spiro atoms. The average Bonchev–Trinajstić information content (AvgIpc) is 3.62. The SMILES string of the molecule is CCOC(=O)c1c(CCCOc2cccc3ccccc23)c2cccc3c2n1C/C=C\COCc1c-3c(COc2ccc(SC)cc2)nn1C. The third kappa shape index (κ3) is 6.75. The normalized spacial score (nSPS) is 13.5. The number of allylic oxidation sites excluding steroid dienone is 1. The zero-order valence-electron chi connectivity index (χ0n) is 28.7. The molecule has 4 aromatic carbocycles. The molecule has 9 heteroatoms. The Hall–Kier alpha value is -4.99. The van der Waals surface area contributed by atoms with Crippen LogP contribution in [0, 0.1) is 0 Å². The van der Waals surface area contributed by atoms with Crippen LogP contribution in [0.4, 0.5) is 0 Å². The van der Waals surface area contributed by atoms with Crippen molar-refractivity contribution in [2.45, 2.75) is 44.4 Å². The van der Waals surface area contributed by atoms with Gasteiger partial charge in [-0.15, -0.1) is 11.8 Å². The molecule has 0 amide bonds. The highest BCUT2D eigenvalue weighted by molar-refractivity contribution is 7.98. The zero-order valence-corrected chi connectivity index (χ0v) is 29.5. The minimum atomic E-state index is -0.331. The highest BCUT2D eigenvalue weighted by atomic mass is 32.2. The number of rotatable bonds is 11. The monoisotopic (exact) mass is 687 g/mol. The van der Waals surface area contributed by atoms with Crippen LogP contribution in [-0.2, 0) is 42.7 Å². The number of para-hydroxylation sites is 1. The van der Waals surface area contributed by atoms with Crippen LogP contribution in [0.1, 0.15) is 40.8 Å². The van der Waals surface area contributed by atoms with E-state index in [1.807, 2.05) is 61.1 Å². The standard InChI is InChI=1S/C41H41N3O5S/c1-4-47-41(45)40-33(17-11-25-48-37-18-9-13-28-12-5-6-14-31(28)37)32-15-10-16-34-38-35(26-49-29-19-21-30(50-3)22-20-29)42-43(2)36(38)27-46-24-8-7-23-44(40)39(32)34/h5-10,12-16,18-22H,4,11,17,23-27H2,1-3H3/b8-7-. The minimum Gasteiger partial charge on any atom is -0.493 e. The summed E-state index contributed by atoms with van der Waals surface area (Å²) in [6.07, 6.45) is 7.48. The molecule has 0 saturated heterocycles. The highest BCUT2D eigenvalue weighted by Gasteiger charge is 2.28. The van der Waals surface area contributed by atoms with E-state index in [4.69, 9.17) is 24.0 Å². The Morgan fingerprint density at radius 3 is 2.58 bits per heavy atom. The van der Waals surface area contributed by atoms with E-state index in [-0.39, 0.29) is 19.2 Å². The van der Waals surface area contributed by atoms with E-state index in [0.717, 1.165) is 67.7 Å². The van der Waals surface area contributed by atoms with Crippen molar-refractivity contribution in [1.29, 1.82) is 0 Å². The fourth-order valence-corrected chi connectivity index (χ4v) is 7.20. The number of nitrogens with zero attached hydrogens (tertiary/aromatic N) is 3. The Kier molecular flexibility index (Phi) is 10.2. The Morgan fingerprint density at radius 2 is 1.74 bits per heavy atom. The predicted octanol–water partition coefficient (Wildman–Crippen LogP) is 8.77. The molecule has 0 aliphatic carbocycles. The molecule has 0 N–H and O–H groups in total. The second kappa shape index (κ2) is 15.3. The van der Waals surface area contributed by atoms with Crippen LogP contribution in [0.15, 0.2) is 102 Å². The summed E-state index contributed by atoms with van der Waals surface area (Å²) < 4.78 is 28.4. The van der Waals surface area contributed by atoms with Gasteiger partial charge in [0.1, 0.15) is 29.5 Å². The molecule has 0 unspecified atom stereocenters. The summed E-state index contributed by atoms with van der Waals surface area (Å²) in [5.74, 6) is 1.31. The molecular formula is C41H41N3O5S. The Labute approximate surface area is 296 Å². The molecule has 6 aromatic rings. The van der Waals surface area contributed by atoms with E-state index in [1.54, 1.807) is 11.8 Å². The van der Waals surface area contributed by atoms with E-state index in [0.29, 0.717) is 38.5 Å². The number of hydrogen-bond acceptors (Lipinski definition) is 7. The van der Waals surface area contributed by atoms with E-state index < -0.39 is 0 Å². The number of carbonyl (C=O) groups is 1. The molecule has 1 aliphatic rings. The molecule has 256 valence electrons. The summed E-state index contributed by atoms with van der Waals surface area (Å²) in [4.78, 5) is 15.0. The van der Waals surface area contributed by atoms with Crippen molar-refractivity contribution in [3.05, 3.63) is 120 Å². The Bertz CT molecular complexity index is 2160. The van der Waals surface area contributed by atoms with Crippen molar-refractivity contribution in [3.8, 4) is 22.6 Å². The fourth-order valence-electron chi connectivity index (χ4n) is 6.80. The molecule has 50 heavy (non-hydrogen) atoms. The van der Waals surface area contributed by atoms with Crippen molar-refractivity contribution >= 4 is 39.4 Å². The van der Waals surface area contributed by atoms with Crippen LogP contribution in [0.25, 0.3) is 32.8 Å². The number of fused-ring (bicyclic) bond motifs is 3. The molecular weight excluding hydrogens is 647 g/mol. The smallest absolute Gasteiger partial charge is 0.355 e. The van der Waals surface area contributed by atoms with E-state index >= 15 is 0 Å². The van der Waals surface area contributed by atoms with Gasteiger partial charge in [-0.25, -0.2) is 4.79 Å². The molecule has 0 atom stereocenters. The van der Waals surface area contributed by atoms with Crippen LogP contribution in [-0.4, -0.2) is 46.4 Å². The first-order valence-electron chi connectivity index (χ1n) is 17.0. The lowest BCUT2D eigenvalue weighted by Crippen LogP contribution is -2.14. The van der Waals surface area contributed by atoms with Crippen LogP contribution in [0.2, 0.25) is 0 Å². The quantitative estimate of drug-likeness (QED) is 0.0583. The maximum Gasteiger partial charge on any atom is 0.355 e. The molecule has 7 rings (SSSR count). The van der Waals surface area contributed by atoms with E-state index in [9.17, 15) is 4.79 Å². The van der Waals surface area contributed by atoms with Gasteiger partial charge >= 0.3 is 5.97 Å².